The maximum atomic E-state index is 12.1. The standard InChI is InChI=1S/C22H18O4/c23-21(18-9-5-2-6-10-18)16-26-22(24)19-11-13-20(14-12-19)25-15-17-7-3-1-4-8-17/h1-14H,15-16H2. The first kappa shape index (κ1) is 17.4. The number of rotatable bonds is 7. The van der Waals surface area contributed by atoms with Crippen molar-refractivity contribution in [3.63, 3.8) is 0 Å². The molecule has 0 saturated carbocycles. The molecule has 3 aromatic rings. The molecule has 4 nitrogen and oxygen atoms in total. The van der Waals surface area contributed by atoms with Crippen molar-refractivity contribution in [3.8, 4) is 5.75 Å². The number of carbonyl (C=O) groups excluding carboxylic acids is 2. The highest BCUT2D eigenvalue weighted by atomic mass is 16.5. The van der Waals surface area contributed by atoms with Crippen molar-refractivity contribution in [1.82, 2.24) is 0 Å². The van der Waals surface area contributed by atoms with E-state index in [-0.39, 0.29) is 12.4 Å². The summed E-state index contributed by atoms with van der Waals surface area (Å²) < 4.78 is 10.8. The van der Waals surface area contributed by atoms with Crippen molar-refractivity contribution in [2.75, 3.05) is 6.61 Å². The molecule has 26 heavy (non-hydrogen) atoms. The summed E-state index contributed by atoms with van der Waals surface area (Å²) >= 11 is 0. The van der Waals surface area contributed by atoms with E-state index in [0.29, 0.717) is 23.5 Å². The number of benzene rings is 3. The lowest BCUT2D eigenvalue weighted by atomic mass is 10.1. The molecule has 4 heteroatoms. The molecular weight excluding hydrogens is 328 g/mol. The summed E-state index contributed by atoms with van der Waals surface area (Å²) in [4.78, 5) is 24.0. The highest BCUT2D eigenvalue weighted by molar-refractivity contribution is 5.99. The van der Waals surface area contributed by atoms with Gasteiger partial charge in [-0.3, -0.25) is 4.79 Å². The average molecular weight is 346 g/mol. The van der Waals surface area contributed by atoms with Crippen molar-refractivity contribution < 1.29 is 19.1 Å². The smallest absolute Gasteiger partial charge is 0.338 e. The van der Waals surface area contributed by atoms with E-state index in [0.717, 1.165) is 5.56 Å². The van der Waals surface area contributed by atoms with Crippen molar-refractivity contribution in [3.05, 3.63) is 102 Å². The molecule has 0 heterocycles. The van der Waals surface area contributed by atoms with Gasteiger partial charge in [0.1, 0.15) is 12.4 Å². The van der Waals surface area contributed by atoms with Gasteiger partial charge in [0.2, 0.25) is 0 Å². The van der Waals surface area contributed by atoms with Crippen LogP contribution in [0.3, 0.4) is 0 Å². The molecule has 0 N–H and O–H groups in total. The van der Waals surface area contributed by atoms with Crippen LogP contribution in [-0.2, 0) is 11.3 Å². The normalized spacial score (nSPS) is 10.2. The van der Waals surface area contributed by atoms with E-state index >= 15 is 0 Å². The molecule has 0 radical (unpaired) electrons. The largest absolute Gasteiger partial charge is 0.489 e. The van der Waals surface area contributed by atoms with Crippen LogP contribution in [0.5, 0.6) is 5.75 Å². The maximum absolute atomic E-state index is 12.1. The second kappa shape index (κ2) is 8.62. The Morgan fingerprint density at radius 1 is 0.692 bits per heavy atom. The zero-order valence-corrected chi connectivity index (χ0v) is 14.1. The molecule has 130 valence electrons. The summed E-state index contributed by atoms with van der Waals surface area (Å²) in [6.45, 7) is 0.172. The summed E-state index contributed by atoms with van der Waals surface area (Å²) in [5.41, 5.74) is 1.96. The SMILES string of the molecule is O=C(COC(=O)c1ccc(OCc2ccccc2)cc1)c1ccccc1. The third-order valence-corrected chi connectivity index (χ3v) is 3.77. The second-order valence-electron chi connectivity index (χ2n) is 5.66. The minimum Gasteiger partial charge on any atom is -0.489 e. The lowest BCUT2D eigenvalue weighted by Crippen LogP contribution is -2.14. The average Bonchev–Trinajstić information content (AvgIpc) is 2.72. The van der Waals surface area contributed by atoms with Crippen LogP contribution < -0.4 is 4.74 Å². The molecule has 0 aromatic heterocycles. The van der Waals surface area contributed by atoms with Crippen molar-refractivity contribution in [1.29, 1.82) is 0 Å². The fourth-order valence-corrected chi connectivity index (χ4v) is 2.35. The Hall–Kier alpha value is -3.40. The number of hydrogen-bond donors (Lipinski definition) is 0. The van der Waals surface area contributed by atoms with Crippen molar-refractivity contribution in [2.45, 2.75) is 6.61 Å². The van der Waals surface area contributed by atoms with Crippen LogP contribution in [0.4, 0.5) is 0 Å². The van der Waals surface area contributed by atoms with Crippen LogP contribution >= 0.6 is 0 Å². The van der Waals surface area contributed by atoms with Gasteiger partial charge in [-0.05, 0) is 29.8 Å². The van der Waals surface area contributed by atoms with Crippen LogP contribution in [-0.4, -0.2) is 18.4 Å². The van der Waals surface area contributed by atoms with Crippen molar-refractivity contribution in [2.24, 2.45) is 0 Å². The molecule has 3 rings (SSSR count). The highest BCUT2D eigenvalue weighted by Crippen LogP contribution is 2.15. The summed E-state index contributed by atoms with van der Waals surface area (Å²) in [6, 6.07) is 25.2. The minimum absolute atomic E-state index is 0.234. The minimum atomic E-state index is -0.538. The van der Waals surface area contributed by atoms with E-state index in [4.69, 9.17) is 9.47 Å². The Morgan fingerprint density at radius 2 is 1.31 bits per heavy atom. The maximum Gasteiger partial charge on any atom is 0.338 e. The Kier molecular flexibility index (Phi) is 5.78. The number of esters is 1. The van der Waals surface area contributed by atoms with Gasteiger partial charge in [-0.15, -0.1) is 0 Å². The van der Waals surface area contributed by atoms with Gasteiger partial charge in [0.25, 0.3) is 0 Å². The first-order valence-electron chi connectivity index (χ1n) is 8.24. The zero-order valence-electron chi connectivity index (χ0n) is 14.1. The molecule has 0 fully saturated rings. The van der Waals surface area contributed by atoms with E-state index in [1.807, 2.05) is 36.4 Å². The fourth-order valence-electron chi connectivity index (χ4n) is 2.35. The summed E-state index contributed by atoms with van der Waals surface area (Å²) in [5, 5.41) is 0. The Bertz CT molecular complexity index is 856. The van der Waals surface area contributed by atoms with Crippen molar-refractivity contribution >= 4 is 11.8 Å². The van der Waals surface area contributed by atoms with Crippen LogP contribution in [0, 0.1) is 0 Å². The summed E-state index contributed by atoms with van der Waals surface area (Å²) in [5.74, 6) is -0.114. The Labute approximate surface area is 152 Å². The van der Waals surface area contributed by atoms with E-state index in [1.165, 1.54) is 0 Å². The molecule has 0 amide bonds. The van der Waals surface area contributed by atoms with Crippen LogP contribution in [0.25, 0.3) is 0 Å². The number of ketones is 1. The molecule has 3 aromatic carbocycles. The number of hydrogen-bond acceptors (Lipinski definition) is 4. The molecular formula is C22H18O4. The fraction of sp³-hybridized carbons (Fsp3) is 0.0909. The zero-order chi connectivity index (χ0) is 18.2. The van der Waals surface area contributed by atoms with Gasteiger partial charge >= 0.3 is 5.97 Å². The van der Waals surface area contributed by atoms with E-state index < -0.39 is 5.97 Å². The number of Topliss-reactive ketones (excluding diaryl/α,β-unsaturated/α-hetero) is 1. The monoisotopic (exact) mass is 346 g/mol. The molecule has 0 unspecified atom stereocenters. The van der Waals surface area contributed by atoms with Crippen LogP contribution in [0.2, 0.25) is 0 Å². The van der Waals surface area contributed by atoms with Gasteiger partial charge in [0, 0.05) is 5.56 Å². The van der Waals surface area contributed by atoms with Gasteiger partial charge in [0.05, 0.1) is 5.56 Å². The summed E-state index contributed by atoms with van der Waals surface area (Å²) in [7, 11) is 0. The Morgan fingerprint density at radius 3 is 1.96 bits per heavy atom. The quantitative estimate of drug-likeness (QED) is 0.473. The van der Waals surface area contributed by atoms with E-state index in [1.54, 1.807) is 48.5 Å². The van der Waals surface area contributed by atoms with Gasteiger partial charge in [0.15, 0.2) is 12.4 Å². The number of carbonyl (C=O) groups is 2. The predicted molar refractivity (Wildman–Crippen MR) is 98.3 cm³/mol. The van der Waals surface area contributed by atoms with Gasteiger partial charge in [-0.2, -0.15) is 0 Å². The summed E-state index contributed by atoms with van der Waals surface area (Å²) in [6.07, 6.45) is 0. The van der Waals surface area contributed by atoms with Gasteiger partial charge in [-0.1, -0.05) is 60.7 Å². The second-order valence-corrected chi connectivity index (χ2v) is 5.66. The molecule has 0 spiro atoms. The lowest BCUT2D eigenvalue weighted by molar-refractivity contribution is 0.0474. The van der Waals surface area contributed by atoms with Crippen LogP contribution in [0.1, 0.15) is 26.3 Å². The van der Waals surface area contributed by atoms with E-state index in [2.05, 4.69) is 0 Å². The van der Waals surface area contributed by atoms with Crippen LogP contribution in [0.15, 0.2) is 84.9 Å². The topological polar surface area (TPSA) is 52.6 Å². The van der Waals surface area contributed by atoms with Gasteiger partial charge in [-0.25, -0.2) is 4.79 Å². The van der Waals surface area contributed by atoms with E-state index in [9.17, 15) is 9.59 Å². The molecule has 0 atom stereocenters. The predicted octanol–water partition coefficient (Wildman–Crippen LogP) is 4.31. The molecule has 0 saturated heterocycles. The van der Waals surface area contributed by atoms with Gasteiger partial charge < -0.3 is 9.47 Å². The molecule has 0 aliphatic heterocycles. The third kappa shape index (κ3) is 4.80. The lowest BCUT2D eigenvalue weighted by Gasteiger charge is -2.08. The molecule has 0 aliphatic carbocycles. The third-order valence-electron chi connectivity index (χ3n) is 3.77. The first-order chi connectivity index (χ1) is 12.7. The number of ether oxygens (including phenoxy) is 2. The highest BCUT2D eigenvalue weighted by Gasteiger charge is 2.11. The molecule has 0 aliphatic rings. The Balaban J connectivity index is 1.51. The molecule has 0 bridgehead atoms. The first-order valence-corrected chi connectivity index (χ1v) is 8.24.